The maximum atomic E-state index is 12.7. The van der Waals surface area contributed by atoms with Crippen LogP contribution < -0.4 is 4.72 Å². The first-order valence-electron chi connectivity index (χ1n) is 9.04. The van der Waals surface area contributed by atoms with Crippen LogP contribution in [0, 0.1) is 6.92 Å². The number of fused-ring (bicyclic) bond motifs is 1. The van der Waals surface area contributed by atoms with Gasteiger partial charge in [0.25, 0.3) is 0 Å². The van der Waals surface area contributed by atoms with E-state index < -0.39 is 16.1 Å². The molecule has 0 aliphatic carbocycles. The highest BCUT2D eigenvalue weighted by atomic mass is 32.2. The summed E-state index contributed by atoms with van der Waals surface area (Å²) in [6.45, 7) is 2.29. The van der Waals surface area contributed by atoms with Crippen molar-refractivity contribution in [2.24, 2.45) is 7.05 Å². The molecule has 7 nitrogen and oxygen atoms in total. The maximum Gasteiger partial charge on any atom is 0.240 e. The van der Waals surface area contributed by atoms with Gasteiger partial charge in [0, 0.05) is 38.5 Å². The van der Waals surface area contributed by atoms with E-state index in [4.69, 9.17) is 0 Å². The van der Waals surface area contributed by atoms with Gasteiger partial charge in [-0.1, -0.05) is 18.2 Å². The molecule has 0 spiro atoms. The van der Waals surface area contributed by atoms with Crippen molar-refractivity contribution < 1.29 is 13.2 Å². The molecule has 1 aromatic heterocycles. The van der Waals surface area contributed by atoms with Crippen molar-refractivity contribution in [1.82, 2.24) is 19.4 Å². The van der Waals surface area contributed by atoms with Gasteiger partial charge in [-0.25, -0.2) is 13.1 Å². The Morgan fingerprint density at radius 3 is 2.61 bits per heavy atom. The molecule has 1 aliphatic heterocycles. The number of carbonyl (C=O) groups excluding carboxylic acids is 1. The van der Waals surface area contributed by atoms with Gasteiger partial charge in [-0.2, -0.15) is 5.10 Å². The average Bonchev–Trinajstić information content (AvgIpc) is 3.16. The maximum absolute atomic E-state index is 12.7. The summed E-state index contributed by atoms with van der Waals surface area (Å²) in [4.78, 5) is 13.4. The lowest BCUT2D eigenvalue weighted by Gasteiger charge is -2.14. The lowest BCUT2D eigenvalue weighted by Crippen LogP contribution is -2.36. The van der Waals surface area contributed by atoms with Gasteiger partial charge in [-0.3, -0.25) is 9.48 Å². The van der Waals surface area contributed by atoms with Crippen molar-refractivity contribution in [2.75, 3.05) is 13.6 Å². The third-order valence-electron chi connectivity index (χ3n) is 5.23. The van der Waals surface area contributed by atoms with Crippen LogP contribution in [0.3, 0.4) is 0 Å². The number of rotatable bonds is 4. The smallest absolute Gasteiger partial charge is 0.240 e. The zero-order valence-corrected chi connectivity index (χ0v) is 16.8. The molecule has 1 atom stereocenters. The van der Waals surface area contributed by atoms with Crippen LogP contribution in [-0.4, -0.2) is 48.6 Å². The Morgan fingerprint density at radius 2 is 1.93 bits per heavy atom. The van der Waals surface area contributed by atoms with E-state index in [-0.39, 0.29) is 17.2 Å². The first-order valence-corrected chi connectivity index (χ1v) is 10.5. The van der Waals surface area contributed by atoms with Crippen molar-refractivity contribution in [2.45, 2.75) is 24.3 Å². The number of nitrogens with zero attached hydrogens (tertiary/aromatic N) is 3. The Labute approximate surface area is 164 Å². The molecule has 8 heteroatoms. The zero-order chi connectivity index (χ0) is 20.1. The average molecular weight is 398 g/mol. The molecule has 1 amide bonds. The van der Waals surface area contributed by atoms with Crippen molar-refractivity contribution in [3.05, 3.63) is 48.2 Å². The number of hydrogen-bond acceptors (Lipinski definition) is 4. The predicted molar refractivity (Wildman–Crippen MR) is 107 cm³/mol. The topological polar surface area (TPSA) is 84.3 Å². The summed E-state index contributed by atoms with van der Waals surface area (Å²) in [6.07, 6.45) is 2.01. The SMILES string of the molecule is Cc1cc(S(=O)(=O)NC2CC(=O)N(C)C2)ccc1-c1ccc2cnn(C)c2c1. The molecule has 146 valence electrons. The standard InChI is InChI=1S/C20H22N4O3S/c1-13-8-17(28(26,27)22-16-10-20(25)23(2)12-16)6-7-18(13)14-4-5-15-11-21-24(3)19(15)9-14/h4-9,11,16,22H,10,12H2,1-3H3. The minimum atomic E-state index is -3.69. The fraction of sp³-hybridized carbons (Fsp3) is 0.300. The molecule has 28 heavy (non-hydrogen) atoms. The summed E-state index contributed by atoms with van der Waals surface area (Å²) < 4.78 is 29.9. The van der Waals surface area contributed by atoms with Gasteiger partial charge in [0.1, 0.15) is 0 Å². The van der Waals surface area contributed by atoms with Crippen molar-refractivity contribution in [1.29, 1.82) is 0 Å². The monoisotopic (exact) mass is 398 g/mol. The Kier molecular flexibility index (Phi) is 4.47. The van der Waals surface area contributed by atoms with E-state index in [1.54, 1.807) is 19.2 Å². The van der Waals surface area contributed by atoms with Gasteiger partial charge in [0.05, 0.1) is 16.6 Å². The van der Waals surface area contributed by atoms with Crippen LogP contribution in [0.15, 0.2) is 47.5 Å². The largest absolute Gasteiger partial charge is 0.344 e. The van der Waals surface area contributed by atoms with E-state index in [0.29, 0.717) is 6.54 Å². The van der Waals surface area contributed by atoms with Gasteiger partial charge >= 0.3 is 0 Å². The van der Waals surface area contributed by atoms with Gasteiger partial charge in [0.2, 0.25) is 15.9 Å². The van der Waals surface area contributed by atoms with E-state index in [9.17, 15) is 13.2 Å². The van der Waals surface area contributed by atoms with Crippen molar-refractivity contribution >= 4 is 26.8 Å². The number of nitrogens with one attached hydrogen (secondary N) is 1. The van der Waals surface area contributed by atoms with Gasteiger partial charge < -0.3 is 4.90 Å². The van der Waals surface area contributed by atoms with Gasteiger partial charge in [-0.05, 0) is 41.8 Å². The van der Waals surface area contributed by atoms with Crippen molar-refractivity contribution in [3.8, 4) is 11.1 Å². The highest BCUT2D eigenvalue weighted by Crippen LogP contribution is 2.28. The van der Waals surface area contributed by atoms with Crippen LogP contribution in [-0.2, 0) is 21.9 Å². The summed E-state index contributed by atoms with van der Waals surface area (Å²) in [5.41, 5.74) is 3.86. The van der Waals surface area contributed by atoms with Gasteiger partial charge in [0.15, 0.2) is 0 Å². The quantitative estimate of drug-likeness (QED) is 0.729. The minimum absolute atomic E-state index is 0.0511. The number of amides is 1. The Bertz CT molecular complexity index is 1180. The van der Waals surface area contributed by atoms with Crippen LogP contribution in [0.5, 0.6) is 0 Å². The summed E-state index contributed by atoms with van der Waals surface area (Å²) in [5.74, 6) is -0.0511. The van der Waals surface area contributed by atoms with E-state index in [1.165, 1.54) is 4.90 Å². The molecule has 1 fully saturated rings. The lowest BCUT2D eigenvalue weighted by atomic mass is 10.00. The Balaban J connectivity index is 1.63. The van der Waals surface area contributed by atoms with Crippen LogP contribution in [0.1, 0.15) is 12.0 Å². The summed E-state index contributed by atoms with van der Waals surface area (Å²) >= 11 is 0. The third kappa shape index (κ3) is 3.29. The Hall–Kier alpha value is -2.71. The third-order valence-corrected chi connectivity index (χ3v) is 6.75. The molecule has 0 saturated carbocycles. The molecule has 0 bridgehead atoms. The number of carbonyl (C=O) groups is 1. The second kappa shape index (κ2) is 6.72. The van der Waals surface area contributed by atoms with E-state index in [0.717, 1.165) is 27.6 Å². The number of aryl methyl sites for hydroxylation is 2. The molecular weight excluding hydrogens is 376 g/mol. The predicted octanol–water partition coefficient (Wildman–Crippen LogP) is 2.06. The Morgan fingerprint density at radius 1 is 1.14 bits per heavy atom. The second-order valence-electron chi connectivity index (χ2n) is 7.32. The lowest BCUT2D eigenvalue weighted by molar-refractivity contribution is -0.126. The first-order chi connectivity index (χ1) is 13.2. The molecule has 1 aliphatic rings. The second-order valence-corrected chi connectivity index (χ2v) is 9.03. The minimum Gasteiger partial charge on any atom is -0.344 e. The summed E-state index contributed by atoms with van der Waals surface area (Å²) in [6, 6.07) is 10.8. The summed E-state index contributed by atoms with van der Waals surface area (Å²) in [5, 5.41) is 5.32. The van der Waals surface area contributed by atoms with Crippen LogP contribution in [0.4, 0.5) is 0 Å². The number of benzene rings is 2. The van der Waals surface area contributed by atoms with Crippen LogP contribution in [0.2, 0.25) is 0 Å². The fourth-order valence-corrected chi connectivity index (χ4v) is 4.98. The van der Waals surface area contributed by atoms with E-state index in [1.807, 2.05) is 43.0 Å². The molecule has 3 aromatic rings. The fourth-order valence-electron chi connectivity index (χ4n) is 3.67. The molecular formula is C20H22N4O3S. The van der Waals surface area contributed by atoms with E-state index in [2.05, 4.69) is 15.9 Å². The van der Waals surface area contributed by atoms with Crippen LogP contribution >= 0.6 is 0 Å². The number of hydrogen-bond donors (Lipinski definition) is 1. The molecule has 4 rings (SSSR count). The normalized spacial score (nSPS) is 17.6. The summed E-state index contributed by atoms with van der Waals surface area (Å²) in [7, 11) is -0.118. The van der Waals surface area contributed by atoms with Crippen LogP contribution in [0.25, 0.3) is 22.0 Å². The van der Waals surface area contributed by atoms with E-state index >= 15 is 0 Å². The van der Waals surface area contributed by atoms with Crippen molar-refractivity contribution in [3.63, 3.8) is 0 Å². The molecule has 1 unspecified atom stereocenters. The number of sulfonamides is 1. The van der Waals surface area contributed by atoms with Gasteiger partial charge in [-0.15, -0.1) is 0 Å². The number of likely N-dealkylation sites (N-methyl/N-ethyl adjacent to an activating group) is 1. The zero-order valence-electron chi connectivity index (χ0n) is 16.0. The highest BCUT2D eigenvalue weighted by Gasteiger charge is 2.30. The molecule has 0 radical (unpaired) electrons. The molecule has 1 saturated heterocycles. The molecule has 1 N–H and O–H groups in total. The molecule has 2 aromatic carbocycles. The number of likely N-dealkylation sites (tertiary alicyclic amines) is 1. The highest BCUT2D eigenvalue weighted by molar-refractivity contribution is 7.89. The first kappa shape index (κ1) is 18.6. The molecule has 2 heterocycles. The number of aromatic nitrogens is 2.